The molecular weight excluding hydrogens is 429 g/mol. The number of nitrogens with zero attached hydrogens (tertiary/aromatic N) is 1. The van der Waals surface area contributed by atoms with Crippen LogP contribution in [0.1, 0.15) is 10.4 Å². The maximum atomic E-state index is 12.3. The molecule has 142 valence electrons. The van der Waals surface area contributed by atoms with E-state index in [9.17, 15) is 4.79 Å². The number of rotatable bonds is 3. The summed E-state index contributed by atoms with van der Waals surface area (Å²) in [5.74, 6) is -0.448. The van der Waals surface area contributed by atoms with Crippen LogP contribution in [0.25, 0.3) is 0 Å². The van der Waals surface area contributed by atoms with Crippen molar-refractivity contribution < 1.29 is 9.53 Å². The number of nitrogens with one attached hydrogen (secondary N) is 2. The molecule has 0 bridgehead atoms. The Morgan fingerprint density at radius 1 is 1.07 bits per heavy atom. The van der Waals surface area contributed by atoms with Gasteiger partial charge >= 0.3 is 0 Å². The third-order valence-electron chi connectivity index (χ3n) is 3.98. The minimum atomic E-state index is -0.448. The van der Waals surface area contributed by atoms with Gasteiger partial charge in [-0.3, -0.25) is 10.1 Å². The van der Waals surface area contributed by atoms with Crippen LogP contribution < -0.4 is 15.5 Å². The normalized spacial score (nSPS) is 14.0. The first-order valence-corrected chi connectivity index (χ1v) is 9.68. The van der Waals surface area contributed by atoms with E-state index in [0.717, 1.165) is 18.8 Å². The van der Waals surface area contributed by atoms with Crippen LogP contribution in [-0.2, 0) is 4.74 Å². The molecule has 2 N–H and O–H groups in total. The highest BCUT2D eigenvalue weighted by atomic mass is 35.5. The molecule has 1 heterocycles. The standard InChI is InChI=1S/C18H16Cl3N3O2S/c19-13-3-1-2-12(16(13)21)17(25)23-18(27)22-11-4-5-15(14(20)10-11)24-6-8-26-9-7-24/h1-5,10H,6-9H2,(H2,22,23,25,27). The van der Waals surface area contributed by atoms with Gasteiger partial charge in [-0.1, -0.05) is 40.9 Å². The highest BCUT2D eigenvalue weighted by Crippen LogP contribution is 2.29. The number of ether oxygens (including phenoxy) is 1. The molecule has 1 amide bonds. The van der Waals surface area contributed by atoms with Crippen LogP contribution in [0, 0.1) is 0 Å². The Hall–Kier alpha value is -1.57. The predicted molar refractivity (Wildman–Crippen MR) is 115 cm³/mol. The summed E-state index contributed by atoms with van der Waals surface area (Å²) in [5, 5.41) is 6.72. The van der Waals surface area contributed by atoms with E-state index in [0.29, 0.717) is 28.9 Å². The maximum Gasteiger partial charge on any atom is 0.258 e. The van der Waals surface area contributed by atoms with Crippen LogP contribution in [0.4, 0.5) is 11.4 Å². The van der Waals surface area contributed by atoms with Gasteiger partial charge in [0.2, 0.25) is 0 Å². The lowest BCUT2D eigenvalue weighted by atomic mass is 10.2. The third kappa shape index (κ3) is 5.03. The quantitative estimate of drug-likeness (QED) is 0.677. The number of hydrogen-bond acceptors (Lipinski definition) is 4. The molecule has 9 heteroatoms. The zero-order valence-electron chi connectivity index (χ0n) is 14.1. The molecular formula is C18H16Cl3N3O2S. The maximum absolute atomic E-state index is 12.3. The fraction of sp³-hybridized carbons (Fsp3) is 0.222. The summed E-state index contributed by atoms with van der Waals surface area (Å²) < 4.78 is 5.35. The molecule has 0 aliphatic carbocycles. The number of carbonyl (C=O) groups is 1. The van der Waals surface area contributed by atoms with Gasteiger partial charge in [-0.2, -0.15) is 0 Å². The van der Waals surface area contributed by atoms with Crippen molar-refractivity contribution in [2.75, 3.05) is 36.5 Å². The first kappa shape index (κ1) is 20.2. The Kier molecular flexibility index (Phi) is 6.78. The van der Waals surface area contributed by atoms with Gasteiger partial charge < -0.3 is 15.0 Å². The minimum Gasteiger partial charge on any atom is -0.378 e. The van der Waals surface area contributed by atoms with Crippen molar-refractivity contribution in [2.24, 2.45) is 0 Å². The summed E-state index contributed by atoms with van der Waals surface area (Å²) in [5.41, 5.74) is 1.85. The number of morpholine rings is 1. The summed E-state index contributed by atoms with van der Waals surface area (Å²) in [4.78, 5) is 14.5. The second-order valence-corrected chi connectivity index (χ2v) is 7.38. The summed E-state index contributed by atoms with van der Waals surface area (Å²) in [6.45, 7) is 2.94. The van der Waals surface area contributed by atoms with Crippen LogP contribution in [0.5, 0.6) is 0 Å². The first-order valence-electron chi connectivity index (χ1n) is 8.14. The molecule has 0 atom stereocenters. The molecule has 1 aliphatic rings. The zero-order valence-corrected chi connectivity index (χ0v) is 17.2. The summed E-state index contributed by atoms with van der Waals surface area (Å²) in [6, 6.07) is 10.3. The predicted octanol–water partition coefficient (Wildman–Crippen LogP) is 4.61. The molecule has 27 heavy (non-hydrogen) atoms. The van der Waals surface area contributed by atoms with Gasteiger partial charge in [-0.25, -0.2) is 0 Å². The summed E-state index contributed by atoms with van der Waals surface area (Å²) in [6.07, 6.45) is 0. The van der Waals surface area contributed by atoms with Crippen LogP contribution in [0.15, 0.2) is 36.4 Å². The van der Waals surface area contributed by atoms with E-state index in [-0.39, 0.29) is 15.7 Å². The van der Waals surface area contributed by atoms with Crippen LogP contribution >= 0.6 is 47.0 Å². The highest BCUT2D eigenvalue weighted by Gasteiger charge is 2.16. The van der Waals surface area contributed by atoms with Crippen molar-refractivity contribution in [3.63, 3.8) is 0 Å². The van der Waals surface area contributed by atoms with E-state index in [2.05, 4.69) is 15.5 Å². The van der Waals surface area contributed by atoms with E-state index >= 15 is 0 Å². The van der Waals surface area contributed by atoms with E-state index < -0.39 is 5.91 Å². The van der Waals surface area contributed by atoms with Crippen molar-refractivity contribution in [3.8, 4) is 0 Å². The number of halogens is 3. The van der Waals surface area contributed by atoms with E-state index in [1.54, 1.807) is 24.3 Å². The molecule has 1 aliphatic heterocycles. The van der Waals surface area contributed by atoms with E-state index in [1.807, 2.05) is 12.1 Å². The van der Waals surface area contributed by atoms with Crippen LogP contribution in [0.3, 0.4) is 0 Å². The molecule has 3 rings (SSSR count). The van der Waals surface area contributed by atoms with Crippen molar-refractivity contribution in [1.82, 2.24) is 5.32 Å². The van der Waals surface area contributed by atoms with Crippen molar-refractivity contribution >= 4 is 69.4 Å². The van der Waals surface area contributed by atoms with Gasteiger partial charge in [-0.05, 0) is 42.5 Å². The van der Waals surface area contributed by atoms with Gasteiger partial charge in [0.25, 0.3) is 5.91 Å². The largest absolute Gasteiger partial charge is 0.378 e. The smallest absolute Gasteiger partial charge is 0.258 e. The number of benzene rings is 2. The van der Waals surface area contributed by atoms with Crippen molar-refractivity contribution in [3.05, 3.63) is 57.0 Å². The molecule has 2 aromatic carbocycles. The second kappa shape index (κ2) is 9.08. The van der Waals surface area contributed by atoms with Crippen molar-refractivity contribution in [1.29, 1.82) is 0 Å². The highest BCUT2D eigenvalue weighted by molar-refractivity contribution is 7.80. The monoisotopic (exact) mass is 443 g/mol. The lowest BCUT2D eigenvalue weighted by molar-refractivity contribution is 0.0978. The molecule has 0 saturated carbocycles. The number of carbonyl (C=O) groups excluding carboxylic acids is 1. The Morgan fingerprint density at radius 3 is 2.52 bits per heavy atom. The van der Waals surface area contributed by atoms with Crippen LogP contribution in [0.2, 0.25) is 15.1 Å². The molecule has 2 aromatic rings. The lowest BCUT2D eigenvalue weighted by Crippen LogP contribution is -2.36. The topological polar surface area (TPSA) is 53.6 Å². The lowest BCUT2D eigenvalue weighted by Gasteiger charge is -2.29. The average Bonchev–Trinajstić information content (AvgIpc) is 2.64. The number of amides is 1. The number of thiocarbonyl (C=S) groups is 1. The zero-order chi connectivity index (χ0) is 19.4. The number of anilines is 2. The molecule has 0 aromatic heterocycles. The first-order chi connectivity index (χ1) is 13.0. The number of hydrogen-bond donors (Lipinski definition) is 2. The molecule has 1 saturated heterocycles. The van der Waals surface area contributed by atoms with E-state index in [4.69, 9.17) is 51.8 Å². The van der Waals surface area contributed by atoms with Gasteiger partial charge in [0.05, 0.1) is 39.5 Å². The molecule has 5 nitrogen and oxygen atoms in total. The summed E-state index contributed by atoms with van der Waals surface area (Å²) >= 11 is 23.6. The van der Waals surface area contributed by atoms with E-state index in [1.165, 1.54) is 0 Å². The fourth-order valence-electron chi connectivity index (χ4n) is 2.66. The fourth-order valence-corrected chi connectivity index (χ4v) is 3.55. The average molecular weight is 445 g/mol. The van der Waals surface area contributed by atoms with Gasteiger partial charge in [0.15, 0.2) is 5.11 Å². The molecule has 0 spiro atoms. The molecule has 1 fully saturated rings. The van der Waals surface area contributed by atoms with Gasteiger partial charge in [0, 0.05) is 18.8 Å². The Morgan fingerprint density at radius 2 is 1.81 bits per heavy atom. The van der Waals surface area contributed by atoms with Gasteiger partial charge in [-0.15, -0.1) is 0 Å². The van der Waals surface area contributed by atoms with Gasteiger partial charge in [0.1, 0.15) is 0 Å². The third-order valence-corrected chi connectivity index (χ3v) is 5.31. The SMILES string of the molecule is O=C(NC(=S)Nc1ccc(N2CCOCC2)c(Cl)c1)c1cccc(Cl)c1Cl. The Balaban J connectivity index is 1.64. The molecule has 0 unspecified atom stereocenters. The minimum absolute atomic E-state index is 0.131. The molecule has 0 radical (unpaired) electrons. The Labute approximate surface area is 177 Å². The summed E-state index contributed by atoms with van der Waals surface area (Å²) in [7, 11) is 0. The Bertz CT molecular complexity index is 873. The second-order valence-electron chi connectivity index (χ2n) is 5.78. The van der Waals surface area contributed by atoms with Crippen LogP contribution in [-0.4, -0.2) is 37.3 Å². The van der Waals surface area contributed by atoms with Crippen molar-refractivity contribution in [2.45, 2.75) is 0 Å².